The summed E-state index contributed by atoms with van der Waals surface area (Å²) in [5, 5.41) is 2.87. The minimum atomic E-state index is -4.32. The Bertz CT molecular complexity index is 1760. The van der Waals surface area contributed by atoms with Gasteiger partial charge in [-0.25, -0.2) is 8.42 Å². The molecule has 0 aliphatic carbocycles. The van der Waals surface area contributed by atoms with Crippen LogP contribution in [-0.2, 0) is 32.6 Å². The maximum Gasteiger partial charge on any atom is 0.264 e. The lowest BCUT2D eigenvalue weighted by Crippen LogP contribution is -2.53. The number of amides is 2. The van der Waals surface area contributed by atoms with Gasteiger partial charge in [-0.1, -0.05) is 60.2 Å². The first-order chi connectivity index (χ1) is 22.6. The summed E-state index contributed by atoms with van der Waals surface area (Å²) < 4.78 is 45.8. The first-order valence-electron chi connectivity index (χ1n) is 15.2. The fourth-order valence-electron chi connectivity index (χ4n) is 5.16. The molecule has 1 atom stereocenters. The number of carbonyl (C=O) groups excluding carboxylic acids is 2. The zero-order valence-corrected chi connectivity index (χ0v) is 28.1. The Labute approximate surface area is 276 Å². The number of hydrogen-bond acceptors (Lipinski definition) is 7. The molecule has 4 aromatic rings. The fourth-order valence-corrected chi connectivity index (χ4v) is 6.59. The molecule has 0 fully saturated rings. The van der Waals surface area contributed by atoms with Crippen molar-refractivity contribution in [3.05, 3.63) is 114 Å². The molecule has 0 saturated heterocycles. The minimum absolute atomic E-state index is 0.0306. The van der Waals surface area contributed by atoms with Crippen molar-refractivity contribution in [1.82, 2.24) is 10.2 Å². The zero-order chi connectivity index (χ0) is 34.0. The molecule has 0 saturated carbocycles. The van der Waals surface area contributed by atoms with Gasteiger partial charge in [-0.05, 0) is 61.4 Å². The number of nitrogens with one attached hydrogen (secondary N) is 1. The van der Waals surface area contributed by atoms with Crippen molar-refractivity contribution in [2.45, 2.75) is 37.8 Å². The van der Waals surface area contributed by atoms with Crippen LogP contribution in [0.1, 0.15) is 23.6 Å². The normalized spacial score (nSPS) is 11.7. The average Bonchev–Trinajstić information content (AvgIpc) is 3.09. The molecule has 0 bridgehead atoms. The first kappa shape index (κ1) is 34.8. The van der Waals surface area contributed by atoms with Gasteiger partial charge >= 0.3 is 0 Å². The predicted molar refractivity (Wildman–Crippen MR) is 181 cm³/mol. The fraction of sp³-hybridized carbons (Fsp3) is 0.278. The van der Waals surface area contributed by atoms with Crippen molar-refractivity contribution in [2.75, 3.05) is 38.7 Å². The van der Waals surface area contributed by atoms with E-state index in [-0.39, 0.29) is 35.2 Å². The monoisotopic (exact) mass is 659 g/mol. The highest BCUT2D eigenvalue weighted by Crippen LogP contribution is 2.32. The number of carbonyl (C=O) groups is 2. The molecule has 0 spiro atoms. The van der Waals surface area contributed by atoms with E-state index in [9.17, 15) is 18.0 Å². The van der Waals surface area contributed by atoms with Gasteiger partial charge < -0.3 is 24.4 Å². The molecule has 248 valence electrons. The van der Waals surface area contributed by atoms with E-state index < -0.39 is 28.5 Å². The van der Waals surface area contributed by atoms with Crippen molar-refractivity contribution < 1.29 is 32.2 Å². The molecule has 0 unspecified atom stereocenters. The smallest absolute Gasteiger partial charge is 0.264 e. The van der Waals surface area contributed by atoms with E-state index >= 15 is 0 Å². The summed E-state index contributed by atoms with van der Waals surface area (Å²) in [5.74, 6) is 0.258. The highest BCUT2D eigenvalue weighted by Gasteiger charge is 2.35. The topological polar surface area (TPSA) is 114 Å². The lowest BCUT2D eigenvalue weighted by molar-refractivity contribution is -0.140. The maximum absolute atomic E-state index is 14.6. The summed E-state index contributed by atoms with van der Waals surface area (Å²) in [6, 6.07) is 26.8. The van der Waals surface area contributed by atoms with Gasteiger partial charge in [-0.15, -0.1) is 0 Å². The molecule has 11 heteroatoms. The minimum Gasteiger partial charge on any atom is -0.497 e. The van der Waals surface area contributed by atoms with Crippen LogP contribution >= 0.6 is 0 Å². The molecular weight excluding hydrogens is 618 g/mol. The zero-order valence-electron chi connectivity index (χ0n) is 27.3. The number of methoxy groups -OCH3 is 3. The van der Waals surface area contributed by atoms with Crippen molar-refractivity contribution in [1.29, 1.82) is 0 Å². The summed E-state index contributed by atoms with van der Waals surface area (Å²) in [4.78, 5) is 29.6. The molecule has 1 N–H and O–H groups in total. The molecule has 0 radical (unpaired) electrons. The Balaban J connectivity index is 1.82. The standard InChI is InChI=1S/C36H41N3O7S/c1-6-37-36(41)32(22-27-11-8-7-9-12-27)38(24-28-13-10-14-30(21-28)44-3)35(40)25-39(29-17-15-26(2)16-18-29)47(42,43)31-19-20-33(45-4)34(23-31)46-5/h7-21,23,32H,6,22,24-25H2,1-5H3,(H,37,41)/t32-/m1/s1. The second-order valence-corrected chi connectivity index (χ2v) is 12.7. The number of anilines is 1. The highest BCUT2D eigenvalue weighted by molar-refractivity contribution is 7.92. The van der Waals surface area contributed by atoms with Gasteiger partial charge in [0.1, 0.15) is 18.3 Å². The SMILES string of the molecule is CCNC(=O)[C@@H](Cc1ccccc1)N(Cc1cccc(OC)c1)C(=O)CN(c1ccc(C)cc1)S(=O)(=O)c1ccc(OC)c(OC)c1. The second-order valence-electron chi connectivity index (χ2n) is 10.8. The summed E-state index contributed by atoms with van der Waals surface area (Å²) >= 11 is 0. The van der Waals surface area contributed by atoms with Crippen LogP contribution in [0.3, 0.4) is 0 Å². The molecule has 0 aromatic heterocycles. The number of ether oxygens (including phenoxy) is 3. The predicted octanol–water partition coefficient (Wildman–Crippen LogP) is 4.99. The third kappa shape index (κ3) is 8.62. The molecule has 4 rings (SSSR count). The van der Waals surface area contributed by atoms with Gasteiger partial charge in [0.05, 0.1) is 31.9 Å². The Morgan fingerprint density at radius 3 is 2.11 bits per heavy atom. The van der Waals surface area contributed by atoms with Crippen LogP contribution < -0.4 is 23.8 Å². The summed E-state index contributed by atoms with van der Waals surface area (Å²) in [6.07, 6.45) is 0.218. The van der Waals surface area contributed by atoms with Crippen LogP contribution in [0.5, 0.6) is 17.2 Å². The Hall–Kier alpha value is -5.03. The Morgan fingerprint density at radius 2 is 1.47 bits per heavy atom. The van der Waals surface area contributed by atoms with E-state index in [1.807, 2.05) is 43.3 Å². The number of sulfonamides is 1. The van der Waals surface area contributed by atoms with Crippen LogP contribution in [0.2, 0.25) is 0 Å². The van der Waals surface area contributed by atoms with Crippen molar-refractivity contribution in [3.8, 4) is 17.2 Å². The van der Waals surface area contributed by atoms with Crippen molar-refractivity contribution in [2.24, 2.45) is 0 Å². The molecule has 2 amide bonds. The first-order valence-corrected chi connectivity index (χ1v) is 16.6. The van der Waals surface area contributed by atoms with Gasteiger partial charge in [-0.2, -0.15) is 0 Å². The van der Waals surface area contributed by atoms with Gasteiger partial charge in [0, 0.05) is 25.6 Å². The van der Waals surface area contributed by atoms with E-state index in [1.165, 1.54) is 37.3 Å². The molecule has 10 nitrogen and oxygen atoms in total. The number of hydrogen-bond donors (Lipinski definition) is 1. The molecule has 4 aromatic carbocycles. The molecule has 0 heterocycles. The Kier molecular flexibility index (Phi) is 11.9. The summed E-state index contributed by atoms with van der Waals surface area (Å²) in [6.45, 7) is 3.50. The Morgan fingerprint density at radius 1 is 0.787 bits per heavy atom. The van der Waals surface area contributed by atoms with Gasteiger partial charge in [0.2, 0.25) is 11.8 Å². The second kappa shape index (κ2) is 16.0. The molecule has 0 aliphatic heterocycles. The van der Waals surface area contributed by atoms with E-state index in [0.717, 1.165) is 15.4 Å². The third-order valence-corrected chi connectivity index (χ3v) is 9.42. The van der Waals surface area contributed by atoms with E-state index in [0.29, 0.717) is 23.6 Å². The number of likely N-dealkylation sites (N-methyl/N-ethyl adjacent to an activating group) is 1. The van der Waals surface area contributed by atoms with Crippen molar-refractivity contribution >= 4 is 27.5 Å². The number of nitrogens with zero attached hydrogens (tertiary/aromatic N) is 2. The van der Waals surface area contributed by atoms with E-state index in [1.54, 1.807) is 56.5 Å². The summed E-state index contributed by atoms with van der Waals surface area (Å²) in [5.41, 5.74) is 2.77. The van der Waals surface area contributed by atoms with Gasteiger partial charge in [0.15, 0.2) is 11.5 Å². The van der Waals surface area contributed by atoms with E-state index in [4.69, 9.17) is 14.2 Å². The highest BCUT2D eigenvalue weighted by atomic mass is 32.2. The number of aryl methyl sites for hydroxylation is 1. The molecular formula is C36H41N3O7S. The molecule has 47 heavy (non-hydrogen) atoms. The van der Waals surface area contributed by atoms with Gasteiger partial charge in [0.25, 0.3) is 10.0 Å². The quantitative estimate of drug-likeness (QED) is 0.191. The van der Waals surface area contributed by atoms with E-state index in [2.05, 4.69) is 5.32 Å². The number of benzene rings is 4. The van der Waals surface area contributed by atoms with Crippen LogP contribution in [0.15, 0.2) is 102 Å². The maximum atomic E-state index is 14.6. The number of rotatable bonds is 15. The van der Waals surface area contributed by atoms with Crippen LogP contribution in [-0.4, -0.2) is 65.6 Å². The van der Waals surface area contributed by atoms with Crippen LogP contribution in [0.4, 0.5) is 5.69 Å². The van der Waals surface area contributed by atoms with Crippen LogP contribution in [0, 0.1) is 6.92 Å². The van der Waals surface area contributed by atoms with Gasteiger partial charge in [-0.3, -0.25) is 13.9 Å². The molecule has 0 aliphatic rings. The largest absolute Gasteiger partial charge is 0.497 e. The summed E-state index contributed by atoms with van der Waals surface area (Å²) in [7, 11) is 0.103. The van der Waals surface area contributed by atoms with Crippen LogP contribution in [0.25, 0.3) is 0 Å². The van der Waals surface area contributed by atoms with Crippen molar-refractivity contribution in [3.63, 3.8) is 0 Å². The lowest BCUT2D eigenvalue weighted by atomic mass is 10.0. The lowest BCUT2D eigenvalue weighted by Gasteiger charge is -2.34. The average molecular weight is 660 g/mol. The third-order valence-electron chi connectivity index (χ3n) is 7.65.